The smallest absolute Gasteiger partial charge is 0.112 e. The van der Waals surface area contributed by atoms with E-state index in [1.54, 1.807) is 17.5 Å². The third-order valence-electron chi connectivity index (χ3n) is 2.96. The topological polar surface area (TPSA) is 48.7 Å². The Kier molecular flexibility index (Phi) is 3.13. The normalized spacial score (nSPS) is 10.3. The van der Waals surface area contributed by atoms with Crippen LogP contribution in [-0.2, 0) is 6.54 Å². The zero-order valence-electron chi connectivity index (χ0n) is 10.1. The molecule has 3 aromatic rings. The maximum Gasteiger partial charge on any atom is 0.112 e. The van der Waals surface area contributed by atoms with Gasteiger partial charge in [0.15, 0.2) is 0 Å². The van der Waals surface area contributed by atoms with Crippen molar-refractivity contribution in [3.63, 3.8) is 0 Å². The molecule has 0 unspecified atom stereocenters. The third-order valence-corrected chi connectivity index (χ3v) is 3.74. The molecule has 0 aliphatic heterocycles. The monoisotopic (exact) mass is 265 g/mol. The molecule has 1 aromatic heterocycles. The van der Waals surface area contributed by atoms with Crippen molar-refractivity contribution in [3.05, 3.63) is 58.5 Å². The van der Waals surface area contributed by atoms with Gasteiger partial charge in [-0.25, -0.2) is 4.98 Å². The van der Waals surface area contributed by atoms with Gasteiger partial charge in [0.1, 0.15) is 5.01 Å². The molecule has 0 atom stereocenters. The van der Waals surface area contributed by atoms with Crippen LogP contribution in [0.25, 0.3) is 10.8 Å². The number of thiazole rings is 1. The molecule has 1 N–H and O–H groups in total. The van der Waals surface area contributed by atoms with E-state index < -0.39 is 0 Å². The van der Waals surface area contributed by atoms with Gasteiger partial charge in [-0.3, -0.25) is 0 Å². The number of anilines is 1. The highest BCUT2D eigenvalue weighted by Gasteiger charge is 2.05. The first-order valence-corrected chi connectivity index (χ1v) is 6.80. The van der Waals surface area contributed by atoms with Crippen LogP contribution < -0.4 is 5.32 Å². The fourth-order valence-electron chi connectivity index (χ4n) is 2.06. The standard InChI is InChI=1S/C15H11N3S/c16-9-11-5-6-14(13-4-2-1-3-12(11)13)18-10-15-17-7-8-19-15/h1-8,18H,10H2. The highest BCUT2D eigenvalue weighted by Crippen LogP contribution is 2.26. The molecule has 2 aromatic carbocycles. The highest BCUT2D eigenvalue weighted by atomic mass is 32.1. The van der Waals surface area contributed by atoms with E-state index in [1.807, 2.05) is 41.8 Å². The predicted octanol–water partition coefficient (Wildman–Crippen LogP) is 3.78. The minimum atomic E-state index is 0.702. The van der Waals surface area contributed by atoms with Crippen LogP contribution in [0.2, 0.25) is 0 Å². The molecular formula is C15H11N3S. The summed E-state index contributed by atoms with van der Waals surface area (Å²) in [4.78, 5) is 4.25. The second-order valence-electron chi connectivity index (χ2n) is 4.10. The first-order valence-electron chi connectivity index (χ1n) is 5.92. The van der Waals surface area contributed by atoms with Crippen molar-refractivity contribution >= 4 is 27.8 Å². The van der Waals surface area contributed by atoms with E-state index in [2.05, 4.69) is 16.4 Å². The summed E-state index contributed by atoms with van der Waals surface area (Å²) in [6.07, 6.45) is 1.80. The molecular weight excluding hydrogens is 254 g/mol. The molecule has 0 saturated heterocycles. The summed E-state index contributed by atoms with van der Waals surface area (Å²) >= 11 is 1.63. The first-order chi connectivity index (χ1) is 9.38. The van der Waals surface area contributed by atoms with Gasteiger partial charge in [0.25, 0.3) is 0 Å². The minimum Gasteiger partial charge on any atom is -0.378 e. The largest absolute Gasteiger partial charge is 0.378 e. The molecule has 0 aliphatic rings. The van der Waals surface area contributed by atoms with Crippen LogP contribution in [0, 0.1) is 11.3 Å². The Morgan fingerprint density at radius 1 is 1.16 bits per heavy atom. The Bertz CT molecular complexity index is 742. The second-order valence-corrected chi connectivity index (χ2v) is 5.08. The van der Waals surface area contributed by atoms with Gasteiger partial charge in [0, 0.05) is 28.0 Å². The lowest BCUT2D eigenvalue weighted by atomic mass is 10.0. The minimum absolute atomic E-state index is 0.702. The van der Waals surface area contributed by atoms with Crippen LogP contribution in [0.3, 0.4) is 0 Å². The molecule has 92 valence electrons. The molecule has 0 fully saturated rings. The van der Waals surface area contributed by atoms with E-state index in [4.69, 9.17) is 5.26 Å². The molecule has 0 radical (unpaired) electrons. The first kappa shape index (κ1) is 11.7. The molecule has 0 saturated carbocycles. The molecule has 0 bridgehead atoms. The van der Waals surface area contributed by atoms with Crippen LogP contribution in [0.1, 0.15) is 10.6 Å². The van der Waals surface area contributed by atoms with Crippen molar-refractivity contribution < 1.29 is 0 Å². The number of benzene rings is 2. The number of aromatic nitrogens is 1. The number of nitriles is 1. The van der Waals surface area contributed by atoms with Gasteiger partial charge in [0.05, 0.1) is 18.2 Å². The molecule has 0 spiro atoms. The summed E-state index contributed by atoms with van der Waals surface area (Å²) in [5, 5.41) is 17.6. The maximum absolute atomic E-state index is 9.13. The van der Waals surface area contributed by atoms with Gasteiger partial charge in [-0.2, -0.15) is 5.26 Å². The fourth-order valence-corrected chi connectivity index (χ4v) is 2.62. The number of rotatable bonds is 3. The zero-order chi connectivity index (χ0) is 13.1. The summed E-state index contributed by atoms with van der Waals surface area (Å²) < 4.78 is 0. The SMILES string of the molecule is N#Cc1ccc(NCc2nccs2)c2ccccc12. The summed E-state index contributed by atoms with van der Waals surface area (Å²) in [6, 6.07) is 14.0. The quantitative estimate of drug-likeness (QED) is 0.784. The fraction of sp³-hybridized carbons (Fsp3) is 0.0667. The van der Waals surface area contributed by atoms with Gasteiger partial charge in [0.2, 0.25) is 0 Å². The summed E-state index contributed by atoms with van der Waals surface area (Å²) in [5.74, 6) is 0. The molecule has 4 heteroatoms. The average molecular weight is 265 g/mol. The van der Waals surface area contributed by atoms with E-state index >= 15 is 0 Å². The number of hydrogen-bond acceptors (Lipinski definition) is 4. The molecule has 1 heterocycles. The molecule has 19 heavy (non-hydrogen) atoms. The third kappa shape index (κ3) is 2.28. The molecule has 0 aliphatic carbocycles. The Hall–Kier alpha value is -2.38. The lowest BCUT2D eigenvalue weighted by Gasteiger charge is -2.09. The lowest BCUT2D eigenvalue weighted by molar-refractivity contribution is 1.11. The van der Waals surface area contributed by atoms with Crippen molar-refractivity contribution in [3.8, 4) is 6.07 Å². The predicted molar refractivity (Wildman–Crippen MR) is 78.1 cm³/mol. The molecule has 3 nitrogen and oxygen atoms in total. The van der Waals surface area contributed by atoms with Crippen molar-refractivity contribution in [2.45, 2.75) is 6.54 Å². The van der Waals surface area contributed by atoms with Gasteiger partial charge >= 0.3 is 0 Å². The van der Waals surface area contributed by atoms with Crippen LogP contribution in [0.5, 0.6) is 0 Å². The number of hydrogen-bond donors (Lipinski definition) is 1. The Morgan fingerprint density at radius 2 is 2.00 bits per heavy atom. The van der Waals surface area contributed by atoms with Crippen LogP contribution >= 0.6 is 11.3 Å². The van der Waals surface area contributed by atoms with Gasteiger partial charge in [-0.1, -0.05) is 24.3 Å². The van der Waals surface area contributed by atoms with Crippen molar-refractivity contribution in [2.75, 3.05) is 5.32 Å². The average Bonchev–Trinajstić information content (AvgIpc) is 2.98. The van der Waals surface area contributed by atoms with E-state index in [1.165, 1.54) is 0 Å². The van der Waals surface area contributed by atoms with Crippen molar-refractivity contribution in [2.24, 2.45) is 0 Å². The van der Waals surface area contributed by atoms with Crippen LogP contribution in [-0.4, -0.2) is 4.98 Å². The van der Waals surface area contributed by atoms with Gasteiger partial charge in [-0.05, 0) is 12.1 Å². The zero-order valence-corrected chi connectivity index (χ0v) is 10.9. The van der Waals surface area contributed by atoms with E-state index in [0.717, 1.165) is 21.5 Å². The Morgan fingerprint density at radius 3 is 2.74 bits per heavy atom. The summed E-state index contributed by atoms with van der Waals surface area (Å²) in [7, 11) is 0. The van der Waals surface area contributed by atoms with Gasteiger partial charge < -0.3 is 5.32 Å². The number of nitrogens with one attached hydrogen (secondary N) is 1. The van der Waals surface area contributed by atoms with Crippen LogP contribution in [0.15, 0.2) is 48.0 Å². The second kappa shape index (κ2) is 5.09. The number of nitrogens with zero attached hydrogens (tertiary/aromatic N) is 2. The summed E-state index contributed by atoms with van der Waals surface area (Å²) in [6.45, 7) is 0.702. The van der Waals surface area contributed by atoms with Crippen LogP contribution in [0.4, 0.5) is 5.69 Å². The lowest BCUT2D eigenvalue weighted by Crippen LogP contribution is -1.99. The van der Waals surface area contributed by atoms with Gasteiger partial charge in [-0.15, -0.1) is 11.3 Å². The molecule has 0 amide bonds. The van der Waals surface area contributed by atoms with Crippen molar-refractivity contribution in [1.29, 1.82) is 5.26 Å². The molecule has 3 rings (SSSR count). The van der Waals surface area contributed by atoms with E-state index in [9.17, 15) is 0 Å². The van der Waals surface area contributed by atoms with E-state index in [-0.39, 0.29) is 0 Å². The maximum atomic E-state index is 9.13. The highest BCUT2D eigenvalue weighted by molar-refractivity contribution is 7.09. The number of fused-ring (bicyclic) bond motifs is 1. The van der Waals surface area contributed by atoms with E-state index in [0.29, 0.717) is 12.1 Å². The Balaban J connectivity index is 1.98. The van der Waals surface area contributed by atoms with Crippen molar-refractivity contribution in [1.82, 2.24) is 4.98 Å². The Labute approximate surface area is 115 Å². The summed E-state index contributed by atoms with van der Waals surface area (Å²) in [5.41, 5.74) is 1.74.